The largest absolute Gasteiger partial charge is 0.268 e. The molecular formula is C16H12ClFN2. The Morgan fingerprint density at radius 3 is 2.75 bits per heavy atom. The smallest absolute Gasteiger partial charge is 0.131 e. The molecule has 0 aliphatic rings. The molecule has 0 amide bonds. The van der Waals surface area contributed by atoms with Gasteiger partial charge in [-0.3, -0.25) is 4.68 Å². The first-order valence-corrected chi connectivity index (χ1v) is 6.62. The third-order valence-electron chi connectivity index (χ3n) is 3.05. The summed E-state index contributed by atoms with van der Waals surface area (Å²) in [6, 6.07) is 14.3. The predicted molar refractivity (Wildman–Crippen MR) is 78.2 cm³/mol. The summed E-state index contributed by atoms with van der Waals surface area (Å²) in [7, 11) is 0. The van der Waals surface area contributed by atoms with E-state index in [0.717, 1.165) is 11.1 Å². The Balaban J connectivity index is 1.86. The fourth-order valence-electron chi connectivity index (χ4n) is 2.11. The molecular weight excluding hydrogens is 275 g/mol. The molecule has 0 radical (unpaired) electrons. The molecule has 0 aliphatic heterocycles. The summed E-state index contributed by atoms with van der Waals surface area (Å²) >= 11 is 5.95. The lowest BCUT2D eigenvalue weighted by molar-refractivity contribution is 0.631. The molecule has 20 heavy (non-hydrogen) atoms. The standard InChI is InChI=1S/C16H12ClFN2/c17-14-5-3-4-12(8-14)10-20-11-13(9-19-20)15-6-1-2-7-16(15)18/h1-9,11H,10H2. The van der Waals surface area contributed by atoms with Gasteiger partial charge in [0.1, 0.15) is 5.82 Å². The molecule has 4 heteroatoms. The van der Waals surface area contributed by atoms with Crippen molar-refractivity contribution in [3.63, 3.8) is 0 Å². The number of halogens is 2. The quantitative estimate of drug-likeness (QED) is 0.698. The highest BCUT2D eigenvalue weighted by atomic mass is 35.5. The van der Waals surface area contributed by atoms with Crippen LogP contribution in [-0.2, 0) is 6.54 Å². The zero-order chi connectivity index (χ0) is 13.9. The minimum Gasteiger partial charge on any atom is -0.268 e. The van der Waals surface area contributed by atoms with Crippen LogP contribution in [0.2, 0.25) is 5.02 Å². The molecule has 0 unspecified atom stereocenters. The molecule has 0 bridgehead atoms. The van der Waals surface area contributed by atoms with Crippen LogP contribution in [0.15, 0.2) is 60.9 Å². The zero-order valence-corrected chi connectivity index (χ0v) is 11.4. The van der Waals surface area contributed by atoms with Crippen LogP contribution >= 0.6 is 11.6 Å². The van der Waals surface area contributed by atoms with Crippen LogP contribution in [0, 0.1) is 5.82 Å². The van der Waals surface area contributed by atoms with Gasteiger partial charge in [-0.15, -0.1) is 0 Å². The monoisotopic (exact) mass is 286 g/mol. The van der Waals surface area contributed by atoms with E-state index in [4.69, 9.17) is 11.6 Å². The van der Waals surface area contributed by atoms with Gasteiger partial charge in [0.05, 0.1) is 12.7 Å². The van der Waals surface area contributed by atoms with Crippen LogP contribution in [0.3, 0.4) is 0 Å². The number of nitrogens with zero attached hydrogens (tertiary/aromatic N) is 2. The van der Waals surface area contributed by atoms with E-state index in [9.17, 15) is 4.39 Å². The number of aromatic nitrogens is 2. The van der Waals surface area contributed by atoms with Gasteiger partial charge in [-0.1, -0.05) is 41.9 Å². The SMILES string of the molecule is Fc1ccccc1-c1cnn(Cc2cccc(Cl)c2)c1. The van der Waals surface area contributed by atoms with E-state index in [2.05, 4.69) is 5.10 Å². The van der Waals surface area contributed by atoms with Crippen molar-refractivity contribution in [2.24, 2.45) is 0 Å². The lowest BCUT2D eigenvalue weighted by atomic mass is 10.1. The highest BCUT2D eigenvalue weighted by Gasteiger charge is 2.07. The number of rotatable bonds is 3. The molecule has 2 aromatic carbocycles. The van der Waals surface area contributed by atoms with Crippen molar-refractivity contribution in [1.82, 2.24) is 9.78 Å². The van der Waals surface area contributed by atoms with Crippen molar-refractivity contribution in [1.29, 1.82) is 0 Å². The molecule has 0 aliphatic carbocycles. The van der Waals surface area contributed by atoms with Crippen LogP contribution < -0.4 is 0 Å². The maximum absolute atomic E-state index is 13.7. The lowest BCUT2D eigenvalue weighted by Crippen LogP contribution is -1.99. The molecule has 0 atom stereocenters. The van der Waals surface area contributed by atoms with Gasteiger partial charge >= 0.3 is 0 Å². The van der Waals surface area contributed by atoms with E-state index >= 15 is 0 Å². The van der Waals surface area contributed by atoms with Crippen molar-refractivity contribution >= 4 is 11.6 Å². The molecule has 1 aromatic heterocycles. The van der Waals surface area contributed by atoms with Crippen LogP contribution in [-0.4, -0.2) is 9.78 Å². The van der Waals surface area contributed by atoms with Gasteiger partial charge in [0.25, 0.3) is 0 Å². The van der Waals surface area contributed by atoms with E-state index in [1.165, 1.54) is 6.07 Å². The third kappa shape index (κ3) is 2.73. The Morgan fingerprint density at radius 2 is 1.95 bits per heavy atom. The zero-order valence-electron chi connectivity index (χ0n) is 10.6. The Morgan fingerprint density at radius 1 is 1.10 bits per heavy atom. The van der Waals surface area contributed by atoms with Crippen LogP contribution in [0.5, 0.6) is 0 Å². The molecule has 100 valence electrons. The summed E-state index contributed by atoms with van der Waals surface area (Å²) in [5.74, 6) is -0.241. The highest BCUT2D eigenvalue weighted by Crippen LogP contribution is 2.22. The van der Waals surface area contributed by atoms with Gasteiger partial charge in [-0.2, -0.15) is 5.10 Å². The molecule has 0 saturated carbocycles. The Hall–Kier alpha value is -2.13. The van der Waals surface area contributed by atoms with Gasteiger partial charge < -0.3 is 0 Å². The summed E-state index contributed by atoms with van der Waals surface area (Å²) in [4.78, 5) is 0. The molecule has 0 spiro atoms. The second-order valence-corrected chi connectivity index (χ2v) is 4.97. The van der Waals surface area contributed by atoms with Crippen molar-refractivity contribution in [3.05, 3.63) is 77.3 Å². The number of hydrogen-bond donors (Lipinski definition) is 0. The van der Waals surface area contributed by atoms with Crippen molar-refractivity contribution in [2.45, 2.75) is 6.54 Å². The fourth-order valence-corrected chi connectivity index (χ4v) is 2.32. The first kappa shape index (κ1) is 12.9. The average Bonchev–Trinajstić information content (AvgIpc) is 2.87. The number of hydrogen-bond acceptors (Lipinski definition) is 1. The maximum atomic E-state index is 13.7. The van der Waals surface area contributed by atoms with E-state index < -0.39 is 0 Å². The van der Waals surface area contributed by atoms with Gasteiger partial charge in [0.15, 0.2) is 0 Å². The Labute approximate surface area is 121 Å². The molecule has 1 heterocycles. The van der Waals surface area contributed by atoms with E-state index in [-0.39, 0.29) is 5.82 Å². The van der Waals surface area contributed by atoms with Gasteiger partial charge in [-0.25, -0.2) is 4.39 Å². The molecule has 0 fully saturated rings. The molecule has 3 rings (SSSR count). The minimum atomic E-state index is -0.241. The van der Waals surface area contributed by atoms with E-state index in [1.807, 2.05) is 36.5 Å². The molecule has 0 saturated heterocycles. The van der Waals surface area contributed by atoms with Crippen LogP contribution in [0.4, 0.5) is 4.39 Å². The van der Waals surface area contributed by atoms with Crippen molar-refractivity contribution in [3.8, 4) is 11.1 Å². The normalized spacial score (nSPS) is 10.7. The first-order valence-electron chi connectivity index (χ1n) is 6.24. The Bertz CT molecular complexity index is 737. The summed E-state index contributed by atoms with van der Waals surface area (Å²) in [6.45, 7) is 0.606. The average molecular weight is 287 g/mol. The van der Waals surface area contributed by atoms with Gasteiger partial charge in [0.2, 0.25) is 0 Å². The van der Waals surface area contributed by atoms with Crippen LogP contribution in [0.25, 0.3) is 11.1 Å². The van der Waals surface area contributed by atoms with E-state index in [1.54, 1.807) is 23.0 Å². The Kier molecular flexibility index (Phi) is 3.52. The summed E-state index contributed by atoms with van der Waals surface area (Å²) < 4.78 is 15.5. The maximum Gasteiger partial charge on any atom is 0.131 e. The number of benzene rings is 2. The lowest BCUT2D eigenvalue weighted by Gasteiger charge is -2.02. The topological polar surface area (TPSA) is 17.8 Å². The highest BCUT2D eigenvalue weighted by molar-refractivity contribution is 6.30. The minimum absolute atomic E-state index is 0.241. The fraction of sp³-hybridized carbons (Fsp3) is 0.0625. The summed E-state index contributed by atoms with van der Waals surface area (Å²) in [5.41, 5.74) is 2.38. The van der Waals surface area contributed by atoms with Crippen molar-refractivity contribution < 1.29 is 4.39 Å². The second kappa shape index (κ2) is 5.47. The second-order valence-electron chi connectivity index (χ2n) is 4.54. The van der Waals surface area contributed by atoms with Gasteiger partial charge in [0, 0.05) is 22.3 Å². The molecule has 0 N–H and O–H groups in total. The van der Waals surface area contributed by atoms with Crippen molar-refractivity contribution in [2.75, 3.05) is 0 Å². The third-order valence-corrected chi connectivity index (χ3v) is 3.29. The summed E-state index contributed by atoms with van der Waals surface area (Å²) in [5, 5.41) is 4.96. The van der Waals surface area contributed by atoms with Gasteiger partial charge in [-0.05, 0) is 23.8 Å². The first-order chi connectivity index (χ1) is 9.72. The van der Waals surface area contributed by atoms with Crippen LogP contribution in [0.1, 0.15) is 5.56 Å². The molecule has 3 aromatic rings. The van der Waals surface area contributed by atoms with E-state index in [0.29, 0.717) is 17.1 Å². The molecule has 2 nitrogen and oxygen atoms in total. The summed E-state index contributed by atoms with van der Waals surface area (Å²) in [6.07, 6.45) is 3.50. The predicted octanol–water partition coefficient (Wildman–Crippen LogP) is 4.39.